The van der Waals surface area contributed by atoms with Crippen molar-refractivity contribution in [2.24, 2.45) is 0 Å². The first-order valence-electron chi connectivity index (χ1n) is 8.79. The third-order valence-electron chi connectivity index (χ3n) is 4.35. The van der Waals surface area contributed by atoms with Crippen LogP contribution in [0.15, 0.2) is 59.9 Å². The van der Waals surface area contributed by atoms with E-state index in [0.717, 1.165) is 17.8 Å². The van der Waals surface area contributed by atoms with Gasteiger partial charge in [-0.3, -0.25) is 0 Å². The Balaban J connectivity index is 1.75. The Morgan fingerprint density at radius 3 is 2.48 bits per heavy atom. The zero-order valence-electron chi connectivity index (χ0n) is 15.5. The zero-order chi connectivity index (χ0) is 22.2. The van der Waals surface area contributed by atoms with Crippen LogP contribution in [0.5, 0.6) is 0 Å². The van der Waals surface area contributed by atoms with E-state index in [-0.39, 0.29) is 21.9 Å². The second kappa shape index (κ2) is 8.42. The average Bonchev–Trinajstić information content (AvgIpc) is 3.14. The van der Waals surface area contributed by atoms with Crippen molar-refractivity contribution in [3.8, 4) is 17.2 Å². The summed E-state index contributed by atoms with van der Waals surface area (Å²) in [6, 6.07) is 12.9. The van der Waals surface area contributed by atoms with Crippen LogP contribution in [0.1, 0.15) is 17.0 Å². The Labute approximate surface area is 189 Å². The molecule has 0 spiro atoms. The van der Waals surface area contributed by atoms with Gasteiger partial charge in [-0.15, -0.1) is 0 Å². The number of alkyl halides is 3. The number of nitrogens with zero attached hydrogens (tertiary/aromatic N) is 4. The molecule has 0 aliphatic rings. The summed E-state index contributed by atoms with van der Waals surface area (Å²) in [7, 11) is 0. The van der Waals surface area contributed by atoms with Crippen LogP contribution in [0.25, 0.3) is 16.8 Å². The van der Waals surface area contributed by atoms with Gasteiger partial charge < -0.3 is 4.40 Å². The molecular formula is C21H11Cl2F3N4S. The average molecular weight is 479 g/mol. The number of fused-ring (bicyclic) bond motifs is 1. The predicted octanol–water partition coefficient (Wildman–Crippen LogP) is 6.89. The number of thioether (sulfide) groups is 1. The van der Waals surface area contributed by atoms with E-state index >= 15 is 0 Å². The highest BCUT2D eigenvalue weighted by Gasteiger charge is 2.34. The first-order valence-corrected chi connectivity index (χ1v) is 10.5. The van der Waals surface area contributed by atoms with Gasteiger partial charge in [-0.1, -0.05) is 65.3 Å². The zero-order valence-corrected chi connectivity index (χ0v) is 17.8. The number of hydrogen-bond acceptors (Lipinski definition) is 4. The number of nitriles is 1. The molecule has 31 heavy (non-hydrogen) atoms. The first kappa shape index (κ1) is 21.5. The molecule has 0 radical (unpaired) electrons. The lowest BCUT2D eigenvalue weighted by Gasteiger charge is -2.13. The fraction of sp³-hybridized carbons (Fsp3) is 0.0952. The molecule has 4 nitrogen and oxygen atoms in total. The molecule has 3 aromatic heterocycles. The second-order valence-corrected chi connectivity index (χ2v) is 8.28. The van der Waals surface area contributed by atoms with Gasteiger partial charge in [0, 0.05) is 23.7 Å². The van der Waals surface area contributed by atoms with E-state index in [1.807, 2.05) is 6.07 Å². The molecule has 0 N–H and O–H groups in total. The monoisotopic (exact) mass is 478 g/mol. The highest BCUT2D eigenvalue weighted by molar-refractivity contribution is 7.98. The second-order valence-electron chi connectivity index (χ2n) is 6.47. The van der Waals surface area contributed by atoms with E-state index in [1.54, 1.807) is 53.2 Å². The quantitative estimate of drug-likeness (QED) is 0.299. The van der Waals surface area contributed by atoms with Gasteiger partial charge in [0.25, 0.3) is 0 Å². The van der Waals surface area contributed by atoms with Gasteiger partial charge in [0.2, 0.25) is 0 Å². The Kier molecular flexibility index (Phi) is 5.84. The molecule has 4 aromatic rings. The van der Waals surface area contributed by atoms with Gasteiger partial charge in [-0.05, 0) is 17.7 Å². The minimum Gasteiger partial charge on any atom is -0.304 e. The van der Waals surface area contributed by atoms with Crippen LogP contribution in [-0.4, -0.2) is 14.4 Å². The van der Waals surface area contributed by atoms with Crippen LogP contribution in [0.3, 0.4) is 0 Å². The van der Waals surface area contributed by atoms with Crippen LogP contribution >= 0.6 is 35.0 Å². The van der Waals surface area contributed by atoms with Gasteiger partial charge in [0.15, 0.2) is 5.65 Å². The summed E-state index contributed by atoms with van der Waals surface area (Å²) in [5, 5.41) is 10.5. The molecular weight excluding hydrogens is 468 g/mol. The van der Waals surface area contributed by atoms with Crippen molar-refractivity contribution < 1.29 is 13.2 Å². The Hall–Kier alpha value is -2.73. The third-order valence-corrected chi connectivity index (χ3v) is 5.85. The Morgan fingerprint density at radius 1 is 1.06 bits per heavy atom. The molecule has 0 unspecified atom stereocenters. The molecule has 0 amide bonds. The Morgan fingerprint density at radius 2 is 1.81 bits per heavy atom. The molecule has 0 saturated carbocycles. The van der Waals surface area contributed by atoms with E-state index in [0.29, 0.717) is 26.9 Å². The van der Waals surface area contributed by atoms with Crippen molar-refractivity contribution in [2.45, 2.75) is 17.0 Å². The molecule has 3 heterocycles. The summed E-state index contributed by atoms with van der Waals surface area (Å²) in [5.74, 6) is 0.187. The van der Waals surface area contributed by atoms with Crippen molar-refractivity contribution in [2.75, 3.05) is 0 Å². The minimum absolute atomic E-state index is 0.0163. The van der Waals surface area contributed by atoms with Crippen molar-refractivity contribution in [1.82, 2.24) is 14.4 Å². The van der Waals surface area contributed by atoms with Gasteiger partial charge in [-0.25, -0.2) is 9.97 Å². The van der Waals surface area contributed by atoms with Gasteiger partial charge in [0.1, 0.15) is 16.8 Å². The van der Waals surface area contributed by atoms with Crippen molar-refractivity contribution in [3.63, 3.8) is 0 Å². The molecule has 1 aromatic carbocycles. The maximum Gasteiger partial charge on any atom is 0.433 e. The fourth-order valence-corrected chi connectivity index (χ4v) is 4.43. The molecule has 0 fully saturated rings. The third kappa shape index (κ3) is 4.49. The lowest BCUT2D eigenvalue weighted by atomic mass is 10.0. The molecule has 0 bridgehead atoms. The van der Waals surface area contributed by atoms with Gasteiger partial charge in [0.05, 0.1) is 21.3 Å². The maximum atomic E-state index is 13.5. The lowest BCUT2D eigenvalue weighted by Crippen LogP contribution is -2.10. The normalized spacial score (nSPS) is 11.6. The van der Waals surface area contributed by atoms with E-state index in [4.69, 9.17) is 23.2 Å². The standard InChI is InChI=1S/C21H11Cl2F3N4S/c22-13-6-17(23)19-28-14(10-30(19)9-13)11-31-20-16(8-27)15(12-4-2-1-3-5-12)7-18(29-20)21(24,25)26/h1-7,9-10H,11H2. The van der Waals surface area contributed by atoms with E-state index in [2.05, 4.69) is 9.97 Å². The van der Waals surface area contributed by atoms with E-state index in [1.165, 1.54) is 0 Å². The number of rotatable bonds is 4. The molecule has 0 saturated heterocycles. The number of aromatic nitrogens is 3. The maximum absolute atomic E-state index is 13.5. The topological polar surface area (TPSA) is 54.0 Å². The number of halogens is 5. The van der Waals surface area contributed by atoms with E-state index in [9.17, 15) is 18.4 Å². The number of pyridine rings is 2. The van der Waals surface area contributed by atoms with Gasteiger partial charge in [-0.2, -0.15) is 18.4 Å². The predicted molar refractivity (Wildman–Crippen MR) is 114 cm³/mol. The minimum atomic E-state index is -4.65. The molecule has 10 heteroatoms. The highest BCUT2D eigenvalue weighted by atomic mass is 35.5. The number of benzene rings is 1. The van der Waals surface area contributed by atoms with Crippen molar-refractivity contribution >= 4 is 40.6 Å². The van der Waals surface area contributed by atoms with Gasteiger partial charge >= 0.3 is 6.18 Å². The molecule has 0 aliphatic heterocycles. The summed E-state index contributed by atoms with van der Waals surface area (Å²) in [4.78, 5) is 8.13. The lowest BCUT2D eigenvalue weighted by molar-refractivity contribution is -0.141. The fourth-order valence-electron chi connectivity index (χ4n) is 3.01. The molecule has 0 aliphatic carbocycles. The molecule has 156 valence electrons. The number of imidazole rings is 1. The molecule has 4 rings (SSSR count). The summed E-state index contributed by atoms with van der Waals surface area (Å²) >= 11 is 13.1. The largest absolute Gasteiger partial charge is 0.433 e. The highest BCUT2D eigenvalue weighted by Crippen LogP contribution is 2.37. The van der Waals surface area contributed by atoms with Crippen LogP contribution < -0.4 is 0 Å². The Bertz CT molecular complexity index is 1310. The van der Waals surface area contributed by atoms with Crippen LogP contribution in [0.2, 0.25) is 10.0 Å². The van der Waals surface area contributed by atoms with Crippen LogP contribution in [0, 0.1) is 11.3 Å². The molecule has 0 atom stereocenters. The first-order chi connectivity index (χ1) is 14.8. The SMILES string of the molecule is N#Cc1c(-c2ccccc2)cc(C(F)(F)F)nc1SCc1cn2cc(Cl)cc(Cl)c2n1. The smallest absolute Gasteiger partial charge is 0.304 e. The van der Waals surface area contributed by atoms with Crippen molar-refractivity contribution in [1.29, 1.82) is 5.26 Å². The summed E-state index contributed by atoms with van der Waals surface area (Å²) in [6.07, 6.45) is -1.35. The van der Waals surface area contributed by atoms with Crippen LogP contribution in [-0.2, 0) is 11.9 Å². The van der Waals surface area contributed by atoms with Crippen LogP contribution in [0.4, 0.5) is 13.2 Å². The number of hydrogen-bond donors (Lipinski definition) is 0. The van der Waals surface area contributed by atoms with Crippen molar-refractivity contribution in [3.05, 3.63) is 81.9 Å². The summed E-state index contributed by atoms with van der Waals surface area (Å²) in [6.45, 7) is 0. The van der Waals surface area contributed by atoms with E-state index < -0.39 is 11.9 Å². The summed E-state index contributed by atoms with van der Waals surface area (Å²) in [5.41, 5.74) is 0.732. The summed E-state index contributed by atoms with van der Waals surface area (Å²) < 4.78 is 42.1.